The van der Waals surface area contributed by atoms with Crippen LogP contribution in [0.2, 0.25) is 0 Å². The summed E-state index contributed by atoms with van der Waals surface area (Å²) in [6, 6.07) is 1.43. The number of aryl methyl sites for hydroxylation is 1. The number of hydrogen-bond acceptors (Lipinski definition) is 5. The number of rotatable bonds is 4. The van der Waals surface area contributed by atoms with Crippen LogP contribution in [0.4, 0.5) is 5.82 Å². The molecule has 0 aromatic carbocycles. The Morgan fingerprint density at radius 2 is 2.44 bits per heavy atom. The SMILES string of the molecule is CCCc1cc(N2CCSCC2C(=O)O)ncn1. The van der Waals surface area contributed by atoms with Gasteiger partial charge in [0.05, 0.1) is 0 Å². The fourth-order valence-corrected chi connectivity index (χ4v) is 3.06. The number of aliphatic carboxylic acids is 1. The van der Waals surface area contributed by atoms with Gasteiger partial charge in [0.1, 0.15) is 18.2 Å². The first kappa shape index (κ1) is 13.1. The van der Waals surface area contributed by atoms with Crippen molar-refractivity contribution in [2.24, 2.45) is 0 Å². The van der Waals surface area contributed by atoms with Gasteiger partial charge in [0, 0.05) is 29.8 Å². The van der Waals surface area contributed by atoms with Crippen LogP contribution in [0.15, 0.2) is 12.4 Å². The normalized spacial score (nSPS) is 19.8. The summed E-state index contributed by atoms with van der Waals surface area (Å²) in [5.74, 6) is 1.51. The summed E-state index contributed by atoms with van der Waals surface area (Å²) in [6.07, 6.45) is 3.45. The van der Waals surface area contributed by atoms with E-state index in [-0.39, 0.29) is 0 Å². The summed E-state index contributed by atoms with van der Waals surface area (Å²) >= 11 is 1.68. The summed E-state index contributed by atoms with van der Waals surface area (Å²) in [7, 11) is 0. The number of thioether (sulfide) groups is 1. The third kappa shape index (κ3) is 2.93. The third-order valence-corrected chi connectivity index (χ3v) is 3.95. The van der Waals surface area contributed by atoms with Gasteiger partial charge in [-0.1, -0.05) is 13.3 Å². The number of carboxylic acid groups (broad SMARTS) is 1. The van der Waals surface area contributed by atoms with Crippen LogP contribution in [0.5, 0.6) is 0 Å². The van der Waals surface area contributed by atoms with Crippen molar-refractivity contribution in [2.45, 2.75) is 25.8 Å². The van der Waals surface area contributed by atoms with Crippen molar-refractivity contribution in [1.29, 1.82) is 0 Å². The summed E-state index contributed by atoms with van der Waals surface area (Å²) in [4.78, 5) is 21.5. The standard InChI is InChI=1S/C12H17N3O2S/c1-2-3-9-6-11(14-8-13-9)15-4-5-18-7-10(15)12(16)17/h6,8,10H,2-5,7H2,1H3,(H,16,17). The van der Waals surface area contributed by atoms with Gasteiger partial charge in [-0.3, -0.25) is 0 Å². The van der Waals surface area contributed by atoms with Gasteiger partial charge >= 0.3 is 5.97 Å². The van der Waals surface area contributed by atoms with Crippen molar-refractivity contribution >= 4 is 23.5 Å². The molecule has 6 heteroatoms. The Morgan fingerprint density at radius 3 is 3.17 bits per heavy atom. The van der Waals surface area contributed by atoms with Crippen molar-refractivity contribution in [3.05, 3.63) is 18.1 Å². The Balaban J connectivity index is 2.22. The molecule has 18 heavy (non-hydrogen) atoms. The van der Waals surface area contributed by atoms with Crippen LogP contribution in [0.1, 0.15) is 19.0 Å². The lowest BCUT2D eigenvalue weighted by Gasteiger charge is -2.33. The van der Waals surface area contributed by atoms with Crippen LogP contribution in [0, 0.1) is 0 Å². The highest BCUT2D eigenvalue weighted by Gasteiger charge is 2.29. The van der Waals surface area contributed by atoms with Crippen LogP contribution in [-0.2, 0) is 11.2 Å². The summed E-state index contributed by atoms with van der Waals surface area (Å²) < 4.78 is 0. The lowest BCUT2D eigenvalue weighted by atomic mass is 10.2. The number of carbonyl (C=O) groups is 1. The fourth-order valence-electron chi connectivity index (χ4n) is 2.02. The van der Waals surface area contributed by atoms with E-state index in [1.165, 1.54) is 6.33 Å². The van der Waals surface area contributed by atoms with E-state index >= 15 is 0 Å². The van der Waals surface area contributed by atoms with Crippen LogP contribution in [0.3, 0.4) is 0 Å². The Morgan fingerprint density at radius 1 is 1.61 bits per heavy atom. The Labute approximate surface area is 111 Å². The Hall–Kier alpha value is -1.30. The van der Waals surface area contributed by atoms with E-state index < -0.39 is 12.0 Å². The maximum Gasteiger partial charge on any atom is 0.327 e. The topological polar surface area (TPSA) is 66.3 Å². The highest BCUT2D eigenvalue weighted by atomic mass is 32.2. The van der Waals surface area contributed by atoms with Crippen molar-refractivity contribution in [1.82, 2.24) is 9.97 Å². The zero-order chi connectivity index (χ0) is 13.0. The number of nitrogens with zero attached hydrogens (tertiary/aromatic N) is 3. The maximum absolute atomic E-state index is 11.3. The molecule has 0 spiro atoms. The van der Waals surface area contributed by atoms with Crippen molar-refractivity contribution in [3.63, 3.8) is 0 Å². The van der Waals surface area contributed by atoms with Gasteiger partial charge in [-0.15, -0.1) is 0 Å². The second-order valence-corrected chi connectivity index (χ2v) is 5.39. The first-order valence-corrected chi connectivity index (χ1v) is 7.26. The molecule has 0 radical (unpaired) electrons. The van der Waals surface area contributed by atoms with Gasteiger partial charge < -0.3 is 10.0 Å². The highest BCUT2D eigenvalue weighted by molar-refractivity contribution is 7.99. The molecule has 0 amide bonds. The van der Waals surface area contributed by atoms with E-state index in [1.807, 2.05) is 11.0 Å². The molecule has 1 atom stereocenters. The van der Waals surface area contributed by atoms with Crippen LogP contribution in [0.25, 0.3) is 0 Å². The molecule has 5 nitrogen and oxygen atoms in total. The van der Waals surface area contributed by atoms with Crippen molar-refractivity contribution in [2.75, 3.05) is 23.0 Å². The molecule has 1 aliphatic heterocycles. The van der Waals surface area contributed by atoms with Gasteiger partial charge in [-0.05, 0) is 6.42 Å². The molecule has 0 saturated carbocycles. The van der Waals surface area contributed by atoms with Gasteiger partial charge in [0.15, 0.2) is 0 Å². The second-order valence-electron chi connectivity index (χ2n) is 4.24. The minimum absolute atomic E-state index is 0.479. The molecule has 98 valence electrons. The molecule has 1 saturated heterocycles. The van der Waals surface area contributed by atoms with Crippen LogP contribution in [-0.4, -0.2) is 45.1 Å². The molecule has 1 N–H and O–H groups in total. The average Bonchev–Trinajstić information content (AvgIpc) is 2.39. The molecule has 2 heterocycles. The average molecular weight is 267 g/mol. The largest absolute Gasteiger partial charge is 0.480 e. The molecule has 1 aromatic rings. The van der Waals surface area contributed by atoms with E-state index in [0.29, 0.717) is 5.75 Å². The first-order chi connectivity index (χ1) is 8.72. The lowest BCUT2D eigenvalue weighted by Crippen LogP contribution is -2.47. The van der Waals surface area contributed by atoms with Crippen molar-refractivity contribution < 1.29 is 9.90 Å². The summed E-state index contributed by atoms with van der Waals surface area (Å²) in [5.41, 5.74) is 0.977. The predicted molar refractivity (Wildman–Crippen MR) is 72.1 cm³/mol. The molecular weight excluding hydrogens is 250 g/mol. The van der Waals surface area contributed by atoms with Gasteiger partial charge in [0.25, 0.3) is 0 Å². The van der Waals surface area contributed by atoms with E-state index in [1.54, 1.807) is 11.8 Å². The lowest BCUT2D eigenvalue weighted by molar-refractivity contribution is -0.138. The van der Waals surface area contributed by atoms with Gasteiger partial charge in [0.2, 0.25) is 0 Å². The zero-order valence-electron chi connectivity index (χ0n) is 10.4. The van der Waals surface area contributed by atoms with E-state index in [9.17, 15) is 9.90 Å². The smallest absolute Gasteiger partial charge is 0.327 e. The molecule has 1 fully saturated rings. The molecule has 2 rings (SSSR count). The van der Waals surface area contributed by atoms with Crippen LogP contribution < -0.4 is 4.90 Å². The number of hydrogen-bond donors (Lipinski definition) is 1. The predicted octanol–water partition coefficient (Wildman–Crippen LogP) is 1.44. The fraction of sp³-hybridized carbons (Fsp3) is 0.583. The highest BCUT2D eigenvalue weighted by Crippen LogP contribution is 2.22. The van der Waals surface area contributed by atoms with E-state index in [2.05, 4.69) is 16.9 Å². The molecule has 0 aliphatic carbocycles. The summed E-state index contributed by atoms with van der Waals surface area (Å²) in [6.45, 7) is 2.82. The number of aromatic nitrogens is 2. The monoisotopic (exact) mass is 267 g/mol. The number of carboxylic acids is 1. The third-order valence-electron chi connectivity index (χ3n) is 2.92. The van der Waals surface area contributed by atoms with E-state index in [4.69, 9.17) is 0 Å². The molecule has 1 unspecified atom stereocenters. The molecule has 1 aromatic heterocycles. The number of anilines is 1. The quantitative estimate of drug-likeness (QED) is 0.890. The minimum Gasteiger partial charge on any atom is -0.480 e. The molecule has 0 bridgehead atoms. The van der Waals surface area contributed by atoms with Gasteiger partial charge in [-0.25, -0.2) is 14.8 Å². The Bertz CT molecular complexity index is 428. The van der Waals surface area contributed by atoms with E-state index in [0.717, 1.165) is 36.7 Å². The molecular formula is C12H17N3O2S. The Kier molecular flexibility index (Phi) is 4.41. The van der Waals surface area contributed by atoms with Gasteiger partial charge in [-0.2, -0.15) is 11.8 Å². The molecule has 1 aliphatic rings. The maximum atomic E-state index is 11.3. The summed E-state index contributed by atoms with van der Waals surface area (Å²) in [5, 5.41) is 9.24. The van der Waals surface area contributed by atoms with Crippen LogP contribution >= 0.6 is 11.8 Å². The second kappa shape index (κ2) is 6.04. The zero-order valence-corrected chi connectivity index (χ0v) is 11.2. The van der Waals surface area contributed by atoms with Crippen molar-refractivity contribution in [3.8, 4) is 0 Å². The minimum atomic E-state index is -0.780. The first-order valence-electron chi connectivity index (χ1n) is 6.10.